The highest BCUT2D eigenvalue weighted by Gasteiger charge is 2.20. The van der Waals surface area contributed by atoms with Crippen molar-refractivity contribution < 1.29 is 4.74 Å². The molecule has 1 fully saturated rings. The summed E-state index contributed by atoms with van der Waals surface area (Å²) in [6, 6.07) is 20.2. The number of para-hydroxylation sites is 2. The molecule has 7 nitrogen and oxygen atoms in total. The van der Waals surface area contributed by atoms with Crippen LogP contribution in [0.5, 0.6) is 0 Å². The van der Waals surface area contributed by atoms with Gasteiger partial charge in [0.2, 0.25) is 17.8 Å². The van der Waals surface area contributed by atoms with Gasteiger partial charge in [0.05, 0.1) is 13.2 Å². The third-order valence-corrected chi connectivity index (χ3v) is 4.78. The predicted octanol–water partition coefficient (Wildman–Crippen LogP) is 3.24. The first-order valence-corrected chi connectivity index (χ1v) is 9.39. The highest BCUT2D eigenvalue weighted by molar-refractivity contribution is 5.62. The second-order valence-electron chi connectivity index (χ2n) is 6.62. The minimum atomic E-state index is 0.612. The van der Waals surface area contributed by atoms with E-state index >= 15 is 0 Å². The maximum absolute atomic E-state index is 5.48. The molecule has 0 amide bonds. The summed E-state index contributed by atoms with van der Waals surface area (Å²) in [7, 11) is 3.94. The fraction of sp³-hybridized carbons (Fsp3) is 0.286. The third kappa shape index (κ3) is 3.89. The maximum atomic E-state index is 5.48. The Kier molecular flexibility index (Phi) is 5.34. The summed E-state index contributed by atoms with van der Waals surface area (Å²) in [5.74, 6) is 1.90. The number of aromatic nitrogens is 3. The number of hydrogen-bond acceptors (Lipinski definition) is 7. The molecule has 1 saturated heterocycles. The number of nitrogens with zero attached hydrogens (tertiary/aromatic N) is 6. The number of rotatable bonds is 5. The summed E-state index contributed by atoms with van der Waals surface area (Å²) in [6.07, 6.45) is 0. The molecule has 0 N–H and O–H groups in total. The van der Waals surface area contributed by atoms with Crippen LogP contribution >= 0.6 is 0 Å². The fourth-order valence-corrected chi connectivity index (χ4v) is 3.08. The van der Waals surface area contributed by atoms with E-state index < -0.39 is 0 Å². The number of morpholine rings is 1. The molecule has 144 valence electrons. The van der Waals surface area contributed by atoms with Gasteiger partial charge in [-0.3, -0.25) is 0 Å². The van der Waals surface area contributed by atoms with Crippen molar-refractivity contribution in [3.8, 4) is 0 Å². The van der Waals surface area contributed by atoms with Gasteiger partial charge in [0.15, 0.2) is 0 Å². The Morgan fingerprint density at radius 1 is 0.714 bits per heavy atom. The second kappa shape index (κ2) is 8.22. The highest BCUT2D eigenvalue weighted by Crippen LogP contribution is 2.27. The first-order valence-electron chi connectivity index (χ1n) is 9.39. The monoisotopic (exact) mass is 376 g/mol. The van der Waals surface area contributed by atoms with Crippen LogP contribution in [0, 0.1) is 0 Å². The molecule has 0 radical (unpaired) electrons. The Hall–Kier alpha value is -3.19. The van der Waals surface area contributed by atoms with Gasteiger partial charge in [0.1, 0.15) is 0 Å². The molecule has 0 spiro atoms. The Balaban J connectivity index is 1.74. The first-order chi connectivity index (χ1) is 13.7. The van der Waals surface area contributed by atoms with Crippen LogP contribution in [0.15, 0.2) is 60.7 Å². The van der Waals surface area contributed by atoms with Crippen molar-refractivity contribution in [2.75, 3.05) is 55.1 Å². The van der Waals surface area contributed by atoms with Gasteiger partial charge in [-0.15, -0.1) is 0 Å². The van der Waals surface area contributed by atoms with Crippen LogP contribution in [0.2, 0.25) is 0 Å². The lowest BCUT2D eigenvalue weighted by Crippen LogP contribution is -2.38. The van der Waals surface area contributed by atoms with Crippen molar-refractivity contribution in [1.82, 2.24) is 15.0 Å². The minimum absolute atomic E-state index is 0.612. The van der Waals surface area contributed by atoms with E-state index in [0.717, 1.165) is 24.5 Å². The van der Waals surface area contributed by atoms with E-state index in [1.165, 1.54) is 0 Å². The summed E-state index contributed by atoms with van der Waals surface area (Å²) in [5, 5.41) is 0. The minimum Gasteiger partial charge on any atom is -0.378 e. The van der Waals surface area contributed by atoms with Crippen molar-refractivity contribution in [1.29, 1.82) is 0 Å². The van der Waals surface area contributed by atoms with Gasteiger partial charge < -0.3 is 19.4 Å². The summed E-state index contributed by atoms with van der Waals surface area (Å²) >= 11 is 0. The molecule has 0 saturated carbocycles. The van der Waals surface area contributed by atoms with Crippen LogP contribution in [-0.2, 0) is 4.74 Å². The predicted molar refractivity (Wildman–Crippen MR) is 112 cm³/mol. The van der Waals surface area contributed by atoms with E-state index in [9.17, 15) is 0 Å². The summed E-state index contributed by atoms with van der Waals surface area (Å²) < 4.78 is 5.48. The average Bonchev–Trinajstić information content (AvgIpc) is 2.79. The highest BCUT2D eigenvalue weighted by atomic mass is 16.5. The fourth-order valence-electron chi connectivity index (χ4n) is 3.08. The summed E-state index contributed by atoms with van der Waals surface area (Å²) in [5.41, 5.74) is 2.05. The molecule has 0 atom stereocenters. The van der Waals surface area contributed by atoms with Gasteiger partial charge in [-0.1, -0.05) is 36.4 Å². The quantitative estimate of drug-likeness (QED) is 0.677. The zero-order valence-electron chi connectivity index (χ0n) is 16.2. The van der Waals surface area contributed by atoms with Crippen LogP contribution in [0.25, 0.3) is 0 Å². The Bertz CT molecular complexity index is 836. The van der Waals surface area contributed by atoms with E-state index in [-0.39, 0.29) is 0 Å². The molecule has 1 aliphatic heterocycles. The van der Waals surface area contributed by atoms with E-state index in [0.29, 0.717) is 31.1 Å². The average molecular weight is 376 g/mol. The second-order valence-corrected chi connectivity index (χ2v) is 6.62. The molecule has 2 heterocycles. The molecular weight excluding hydrogens is 352 g/mol. The van der Waals surface area contributed by atoms with E-state index in [1.807, 2.05) is 84.6 Å². The number of hydrogen-bond donors (Lipinski definition) is 0. The van der Waals surface area contributed by atoms with Crippen molar-refractivity contribution in [2.24, 2.45) is 0 Å². The maximum Gasteiger partial charge on any atom is 0.236 e. The normalized spacial score (nSPS) is 14.0. The lowest BCUT2D eigenvalue weighted by molar-refractivity contribution is 0.122. The first kappa shape index (κ1) is 18.2. The molecular formula is C21H24N6O. The van der Waals surface area contributed by atoms with Crippen LogP contribution in [0.1, 0.15) is 0 Å². The van der Waals surface area contributed by atoms with Gasteiger partial charge in [-0.25, -0.2) is 0 Å². The van der Waals surface area contributed by atoms with Gasteiger partial charge in [0.25, 0.3) is 0 Å². The number of anilines is 5. The lowest BCUT2D eigenvalue weighted by Gasteiger charge is -2.29. The third-order valence-electron chi connectivity index (χ3n) is 4.78. The van der Waals surface area contributed by atoms with Crippen LogP contribution in [-0.4, -0.2) is 55.4 Å². The Labute approximate surface area is 165 Å². The van der Waals surface area contributed by atoms with Crippen molar-refractivity contribution >= 4 is 29.2 Å². The Morgan fingerprint density at radius 3 is 1.64 bits per heavy atom. The summed E-state index contributed by atoms with van der Waals surface area (Å²) in [6.45, 7) is 2.90. The Morgan fingerprint density at radius 2 is 1.18 bits per heavy atom. The van der Waals surface area contributed by atoms with Crippen molar-refractivity contribution in [3.05, 3.63) is 60.7 Å². The zero-order chi connectivity index (χ0) is 19.3. The van der Waals surface area contributed by atoms with Gasteiger partial charge in [-0.2, -0.15) is 15.0 Å². The molecule has 1 aromatic heterocycles. The van der Waals surface area contributed by atoms with Crippen LogP contribution < -0.4 is 14.7 Å². The smallest absolute Gasteiger partial charge is 0.236 e. The molecule has 28 heavy (non-hydrogen) atoms. The largest absolute Gasteiger partial charge is 0.378 e. The summed E-state index contributed by atoms with van der Waals surface area (Å²) in [4.78, 5) is 20.4. The van der Waals surface area contributed by atoms with Crippen LogP contribution in [0.3, 0.4) is 0 Å². The van der Waals surface area contributed by atoms with Gasteiger partial charge in [0, 0.05) is 38.6 Å². The molecule has 4 rings (SSSR count). The SMILES string of the molecule is CN(c1ccccc1)c1nc(N2CCOCC2)nc(N(C)c2ccccc2)n1. The molecule has 0 bridgehead atoms. The van der Waals surface area contributed by atoms with Crippen molar-refractivity contribution in [3.63, 3.8) is 0 Å². The van der Waals surface area contributed by atoms with Crippen LogP contribution in [0.4, 0.5) is 29.2 Å². The van der Waals surface area contributed by atoms with E-state index in [1.54, 1.807) is 0 Å². The van der Waals surface area contributed by atoms with Crippen molar-refractivity contribution in [2.45, 2.75) is 0 Å². The van der Waals surface area contributed by atoms with E-state index in [2.05, 4.69) is 4.90 Å². The molecule has 7 heteroatoms. The standard InChI is InChI=1S/C21H24N6O/c1-25(17-9-5-3-6-10-17)19-22-20(26(2)18-11-7-4-8-12-18)24-21(23-19)27-13-15-28-16-14-27/h3-12H,13-16H2,1-2H3. The van der Waals surface area contributed by atoms with E-state index in [4.69, 9.17) is 19.7 Å². The topological polar surface area (TPSA) is 57.6 Å². The molecule has 1 aliphatic rings. The molecule has 2 aromatic carbocycles. The number of ether oxygens (including phenoxy) is 1. The molecule has 3 aromatic rings. The number of benzene rings is 2. The van der Waals surface area contributed by atoms with Gasteiger partial charge >= 0.3 is 0 Å². The zero-order valence-corrected chi connectivity index (χ0v) is 16.2. The lowest BCUT2D eigenvalue weighted by atomic mass is 10.3. The molecule has 0 aliphatic carbocycles. The van der Waals surface area contributed by atoms with Gasteiger partial charge in [-0.05, 0) is 24.3 Å². The molecule has 0 unspecified atom stereocenters.